The Labute approximate surface area is 165 Å². The first-order chi connectivity index (χ1) is 12.9. The van der Waals surface area contributed by atoms with Gasteiger partial charge in [-0.1, -0.05) is 53.2 Å². The summed E-state index contributed by atoms with van der Waals surface area (Å²) in [6.07, 6.45) is 2.15. The zero-order valence-electron chi connectivity index (χ0n) is 15.1. The van der Waals surface area contributed by atoms with Crippen LogP contribution >= 0.6 is 15.9 Å². The van der Waals surface area contributed by atoms with Crippen LogP contribution in [0.5, 0.6) is 0 Å². The number of hydrogen-bond donors (Lipinski definition) is 4. The second kappa shape index (κ2) is 10.0. The zero-order valence-corrected chi connectivity index (χ0v) is 16.7. The van der Waals surface area contributed by atoms with Gasteiger partial charge in [-0.3, -0.25) is 10.0 Å². The number of amides is 3. The van der Waals surface area contributed by atoms with Crippen LogP contribution in [0.3, 0.4) is 0 Å². The van der Waals surface area contributed by atoms with Gasteiger partial charge in [0.2, 0.25) is 0 Å². The number of urea groups is 1. The minimum atomic E-state index is -0.818. The highest BCUT2D eigenvalue weighted by Gasteiger charge is 2.21. The topological polar surface area (TPSA) is 121 Å². The van der Waals surface area contributed by atoms with Crippen LogP contribution in [0.1, 0.15) is 31.5 Å². The molecule has 0 fully saturated rings. The average Bonchev–Trinajstić information content (AvgIpc) is 3.08. The van der Waals surface area contributed by atoms with Crippen molar-refractivity contribution in [2.45, 2.75) is 39.4 Å². The van der Waals surface area contributed by atoms with E-state index in [0.717, 1.165) is 10.0 Å². The van der Waals surface area contributed by atoms with Gasteiger partial charge >= 0.3 is 6.03 Å². The fraction of sp³-hybridized carbons (Fsp3) is 0.412. The largest absolute Gasteiger partial charge is 0.332 e. The lowest BCUT2D eigenvalue weighted by Gasteiger charge is -2.18. The van der Waals surface area contributed by atoms with Gasteiger partial charge in [-0.25, -0.2) is 15.0 Å². The van der Waals surface area contributed by atoms with E-state index in [4.69, 9.17) is 5.21 Å². The number of rotatable bonds is 8. The van der Waals surface area contributed by atoms with Crippen LogP contribution in [0.15, 0.2) is 34.9 Å². The maximum atomic E-state index is 12.0. The van der Waals surface area contributed by atoms with Crippen LogP contribution in [0.4, 0.5) is 4.79 Å². The van der Waals surface area contributed by atoms with E-state index in [1.165, 1.54) is 0 Å². The lowest BCUT2D eigenvalue weighted by atomic mass is 10.0. The van der Waals surface area contributed by atoms with Crippen LogP contribution in [-0.2, 0) is 17.9 Å². The highest BCUT2D eigenvalue weighted by molar-refractivity contribution is 9.10. The second-order valence-corrected chi connectivity index (χ2v) is 7.34. The summed E-state index contributed by atoms with van der Waals surface area (Å²) in [7, 11) is 0. The molecule has 1 heterocycles. The molecule has 146 valence electrons. The summed E-state index contributed by atoms with van der Waals surface area (Å²) in [5, 5.41) is 22.0. The summed E-state index contributed by atoms with van der Waals surface area (Å²) in [5.74, 6) is -0.483. The molecule has 0 saturated carbocycles. The minimum absolute atomic E-state index is 0.164. The number of carbonyl (C=O) groups excluding carboxylic acids is 2. The predicted molar refractivity (Wildman–Crippen MR) is 102 cm³/mol. The van der Waals surface area contributed by atoms with Crippen molar-refractivity contribution in [3.8, 4) is 0 Å². The molecule has 9 nitrogen and oxygen atoms in total. The van der Waals surface area contributed by atoms with Crippen molar-refractivity contribution in [2.24, 2.45) is 5.92 Å². The summed E-state index contributed by atoms with van der Waals surface area (Å²) >= 11 is 3.49. The summed E-state index contributed by atoms with van der Waals surface area (Å²) in [5.41, 5.74) is 3.22. The normalized spacial score (nSPS) is 11.9. The number of halogens is 1. The fourth-order valence-electron chi connectivity index (χ4n) is 2.46. The summed E-state index contributed by atoms with van der Waals surface area (Å²) in [4.78, 5) is 23.7. The standard InChI is InChI=1S/C17H23BrN6O3/c1-11(2)7-15(16(25)22-27)20-17(26)19-8-13-10-24(23-21-13)9-12-5-3-4-6-14(12)18/h3-6,10-11,15,27H,7-9H2,1-2H3,(H,22,25)(H2,19,20,26)/t15-/m0/s1. The Hall–Kier alpha value is -2.46. The number of nitrogens with zero attached hydrogens (tertiary/aromatic N) is 3. The van der Waals surface area contributed by atoms with E-state index in [1.807, 2.05) is 38.1 Å². The molecular weight excluding hydrogens is 416 g/mol. The molecule has 1 aromatic carbocycles. The fourth-order valence-corrected chi connectivity index (χ4v) is 2.87. The van der Waals surface area contributed by atoms with Crippen LogP contribution in [0, 0.1) is 5.92 Å². The molecule has 0 aliphatic rings. The third-order valence-electron chi connectivity index (χ3n) is 3.75. The van der Waals surface area contributed by atoms with Gasteiger partial charge in [-0.05, 0) is 24.0 Å². The highest BCUT2D eigenvalue weighted by Crippen LogP contribution is 2.16. The molecule has 2 rings (SSSR count). The van der Waals surface area contributed by atoms with E-state index in [9.17, 15) is 9.59 Å². The lowest BCUT2D eigenvalue weighted by molar-refractivity contribution is -0.131. The van der Waals surface area contributed by atoms with Crippen molar-refractivity contribution < 1.29 is 14.8 Å². The van der Waals surface area contributed by atoms with Gasteiger partial charge in [0, 0.05) is 4.47 Å². The molecule has 0 aliphatic carbocycles. The number of carbonyl (C=O) groups is 2. The maximum absolute atomic E-state index is 12.0. The first kappa shape index (κ1) is 20.8. The van der Waals surface area contributed by atoms with E-state index in [-0.39, 0.29) is 12.5 Å². The quantitative estimate of drug-likeness (QED) is 0.369. The number of aromatic nitrogens is 3. The van der Waals surface area contributed by atoms with Gasteiger partial charge in [0.05, 0.1) is 19.3 Å². The number of hydroxylamine groups is 1. The molecular formula is C17H23BrN6O3. The molecule has 1 atom stereocenters. The molecule has 27 heavy (non-hydrogen) atoms. The molecule has 0 aliphatic heterocycles. The molecule has 2 aromatic rings. The lowest BCUT2D eigenvalue weighted by Crippen LogP contribution is -2.49. The Kier molecular flexibility index (Phi) is 7.74. The SMILES string of the molecule is CC(C)C[C@H](NC(=O)NCc1cn(Cc2ccccc2Br)nn1)C(=O)NO. The summed E-state index contributed by atoms with van der Waals surface area (Å²) in [6.45, 7) is 4.55. The molecule has 10 heteroatoms. The van der Waals surface area contributed by atoms with Gasteiger partial charge in [0.25, 0.3) is 5.91 Å². The van der Waals surface area contributed by atoms with Crippen molar-refractivity contribution in [2.75, 3.05) is 0 Å². The van der Waals surface area contributed by atoms with Gasteiger partial charge in [0.1, 0.15) is 11.7 Å². The zero-order chi connectivity index (χ0) is 19.8. The van der Waals surface area contributed by atoms with E-state index in [2.05, 4.69) is 36.9 Å². The van der Waals surface area contributed by atoms with Crippen LogP contribution in [-0.4, -0.2) is 38.2 Å². The molecule has 0 radical (unpaired) electrons. The van der Waals surface area contributed by atoms with Crippen LogP contribution in [0.2, 0.25) is 0 Å². The van der Waals surface area contributed by atoms with Crippen molar-refractivity contribution >= 4 is 27.9 Å². The Bertz CT molecular complexity index is 780. The number of nitrogens with one attached hydrogen (secondary N) is 3. The Morgan fingerprint density at radius 2 is 2.04 bits per heavy atom. The van der Waals surface area contributed by atoms with Crippen molar-refractivity contribution in [3.63, 3.8) is 0 Å². The Balaban J connectivity index is 1.87. The van der Waals surface area contributed by atoms with Gasteiger partial charge in [-0.15, -0.1) is 5.10 Å². The predicted octanol–water partition coefficient (Wildman–Crippen LogP) is 1.81. The van der Waals surface area contributed by atoms with Crippen LogP contribution in [0.25, 0.3) is 0 Å². The van der Waals surface area contributed by atoms with E-state index < -0.39 is 18.0 Å². The molecule has 0 bridgehead atoms. The molecule has 1 aromatic heterocycles. The van der Waals surface area contributed by atoms with Crippen molar-refractivity contribution in [1.29, 1.82) is 0 Å². The highest BCUT2D eigenvalue weighted by atomic mass is 79.9. The maximum Gasteiger partial charge on any atom is 0.315 e. The molecule has 0 saturated heterocycles. The molecule has 3 amide bonds. The minimum Gasteiger partial charge on any atom is -0.332 e. The monoisotopic (exact) mass is 438 g/mol. The molecule has 4 N–H and O–H groups in total. The van der Waals surface area contributed by atoms with E-state index in [1.54, 1.807) is 16.4 Å². The smallest absolute Gasteiger partial charge is 0.315 e. The summed E-state index contributed by atoms with van der Waals surface area (Å²) in [6, 6.07) is 6.48. The molecule has 0 unspecified atom stereocenters. The van der Waals surface area contributed by atoms with E-state index >= 15 is 0 Å². The van der Waals surface area contributed by atoms with Gasteiger partial charge in [0.15, 0.2) is 0 Å². The third kappa shape index (κ3) is 6.65. The van der Waals surface area contributed by atoms with Gasteiger partial charge < -0.3 is 10.6 Å². The van der Waals surface area contributed by atoms with Crippen molar-refractivity contribution in [1.82, 2.24) is 31.1 Å². The van der Waals surface area contributed by atoms with Crippen molar-refractivity contribution in [3.05, 3.63) is 46.2 Å². The summed E-state index contributed by atoms with van der Waals surface area (Å²) < 4.78 is 2.66. The average molecular weight is 439 g/mol. The molecule has 0 spiro atoms. The Morgan fingerprint density at radius 1 is 1.30 bits per heavy atom. The number of benzene rings is 1. The van der Waals surface area contributed by atoms with E-state index in [0.29, 0.717) is 18.7 Å². The third-order valence-corrected chi connectivity index (χ3v) is 4.52. The first-order valence-corrected chi connectivity index (χ1v) is 9.29. The van der Waals surface area contributed by atoms with Gasteiger partial charge in [-0.2, -0.15) is 0 Å². The van der Waals surface area contributed by atoms with Crippen LogP contribution < -0.4 is 16.1 Å². The first-order valence-electron chi connectivity index (χ1n) is 8.49. The second-order valence-electron chi connectivity index (χ2n) is 6.48. The Morgan fingerprint density at radius 3 is 2.70 bits per heavy atom. The number of hydrogen-bond acceptors (Lipinski definition) is 5.